The van der Waals surface area contributed by atoms with Crippen molar-refractivity contribution in [3.63, 3.8) is 0 Å². The summed E-state index contributed by atoms with van der Waals surface area (Å²) in [7, 11) is 1.53. The summed E-state index contributed by atoms with van der Waals surface area (Å²) in [4.78, 5) is 30.8. The van der Waals surface area contributed by atoms with Gasteiger partial charge in [0.2, 0.25) is 0 Å². The number of halogens is 1. The lowest BCUT2D eigenvalue weighted by molar-refractivity contribution is -0.140. The fraction of sp³-hybridized carbons (Fsp3) is 0.250. The molecule has 1 aliphatic heterocycles. The van der Waals surface area contributed by atoms with Gasteiger partial charge in [0.25, 0.3) is 11.7 Å². The molecule has 0 spiro atoms. The van der Waals surface area contributed by atoms with Gasteiger partial charge in [-0.3, -0.25) is 14.6 Å². The largest absolute Gasteiger partial charge is 0.507 e. The Balaban J connectivity index is 2.16. The van der Waals surface area contributed by atoms with Crippen LogP contribution in [0.4, 0.5) is 0 Å². The molecule has 1 N–H and O–H groups in total. The minimum atomic E-state index is -0.703. The first-order valence-electron chi connectivity index (χ1n) is 8.39. The predicted molar refractivity (Wildman–Crippen MR) is 104 cm³/mol. The number of aliphatic hydroxyl groups excluding tert-OH is 1. The van der Waals surface area contributed by atoms with Crippen LogP contribution in [0.1, 0.15) is 22.7 Å². The van der Waals surface area contributed by atoms with Gasteiger partial charge in [0.05, 0.1) is 18.2 Å². The molecule has 0 bridgehead atoms. The maximum Gasteiger partial charge on any atom is 0.295 e. The summed E-state index contributed by atoms with van der Waals surface area (Å²) < 4.78 is 5.97. The highest BCUT2D eigenvalue weighted by molar-refractivity contribution is 9.10. The van der Waals surface area contributed by atoms with Crippen molar-refractivity contribution >= 4 is 33.4 Å². The first-order valence-corrected chi connectivity index (χ1v) is 9.18. The number of methoxy groups -OCH3 is 1. The van der Waals surface area contributed by atoms with Crippen LogP contribution in [0.3, 0.4) is 0 Å². The molecule has 3 rings (SSSR count). The summed E-state index contributed by atoms with van der Waals surface area (Å²) >= 11 is 3.42. The van der Waals surface area contributed by atoms with Crippen molar-refractivity contribution in [2.45, 2.75) is 13.0 Å². The fourth-order valence-electron chi connectivity index (χ4n) is 3.14. The summed E-state index contributed by atoms with van der Waals surface area (Å²) in [6.45, 7) is 2.41. The summed E-state index contributed by atoms with van der Waals surface area (Å²) in [5, 5.41) is 10.9. The quantitative estimate of drug-likeness (QED) is 0.447. The summed E-state index contributed by atoms with van der Waals surface area (Å²) in [6, 6.07) is 8.05. The van der Waals surface area contributed by atoms with E-state index >= 15 is 0 Å². The number of carbonyl (C=O) groups excluding carboxylic acids is 2. The van der Waals surface area contributed by atoms with E-state index < -0.39 is 17.7 Å². The maximum absolute atomic E-state index is 12.8. The van der Waals surface area contributed by atoms with Gasteiger partial charge in [0, 0.05) is 36.1 Å². The number of benzene rings is 1. The maximum atomic E-state index is 12.8. The third kappa shape index (κ3) is 3.65. The normalized spacial score (nSPS) is 18.9. The second kappa shape index (κ2) is 8.02. The lowest BCUT2D eigenvalue weighted by atomic mass is 9.95. The zero-order valence-corrected chi connectivity index (χ0v) is 16.6. The third-order valence-electron chi connectivity index (χ3n) is 4.53. The minimum Gasteiger partial charge on any atom is -0.507 e. The molecule has 1 aromatic carbocycles. The molecule has 1 unspecified atom stereocenters. The van der Waals surface area contributed by atoms with Crippen LogP contribution in [0.2, 0.25) is 0 Å². The van der Waals surface area contributed by atoms with Crippen molar-refractivity contribution in [3.05, 3.63) is 69.5 Å². The lowest BCUT2D eigenvalue weighted by Crippen LogP contribution is -2.32. The molecule has 27 heavy (non-hydrogen) atoms. The van der Waals surface area contributed by atoms with E-state index in [9.17, 15) is 14.7 Å². The molecule has 1 fully saturated rings. The average molecular weight is 431 g/mol. The minimum absolute atomic E-state index is 0.0732. The number of nitrogens with zero attached hydrogens (tertiary/aromatic N) is 2. The highest BCUT2D eigenvalue weighted by Gasteiger charge is 2.45. The molecule has 0 aliphatic carbocycles. The number of amides is 1. The Labute approximate surface area is 165 Å². The number of ether oxygens (including phenoxy) is 1. The monoisotopic (exact) mass is 430 g/mol. The van der Waals surface area contributed by atoms with Gasteiger partial charge in [0.15, 0.2) is 0 Å². The topological polar surface area (TPSA) is 79.7 Å². The summed E-state index contributed by atoms with van der Waals surface area (Å²) in [5.41, 5.74) is 2.17. The van der Waals surface area contributed by atoms with Crippen LogP contribution in [-0.4, -0.2) is 46.9 Å². The predicted octanol–water partition coefficient (Wildman–Crippen LogP) is 3.22. The van der Waals surface area contributed by atoms with Crippen LogP contribution < -0.4 is 0 Å². The number of ketones is 1. The summed E-state index contributed by atoms with van der Waals surface area (Å²) in [6.07, 6.45) is 3.19. The number of aliphatic hydroxyl groups is 1. The molecule has 2 heterocycles. The highest BCUT2D eigenvalue weighted by atomic mass is 79.9. The Hall–Kier alpha value is -2.51. The fourth-order valence-corrected chi connectivity index (χ4v) is 3.39. The Bertz CT molecular complexity index is 911. The van der Waals surface area contributed by atoms with Gasteiger partial charge in [0.1, 0.15) is 5.76 Å². The van der Waals surface area contributed by atoms with E-state index in [1.54, 1.807) is 42.7 Å². The molecular formula is C20H19BrN2O4. The summed E-state index contributed by atoms with van der Waals surface area (Å²) in [5.74, 6) is -1.54. The van der Waals surface area contributed by atoms with Gasteiger partial charge in [-0.25, -0.2) is 0 Å². The van der Waals surface area contributed by atoms with E-state index in [1.165, 1.54) is 12.0 Å². The first-order chi connectivity index (χ1) is 13.0. The third-order valence-corrected chi connectivity index (χ3v) is 5.42. The van der Waals surface area contributed by atoms with Crippen LogP contribution >= 0.6 is 15.9 Å². The van der Waals surface area contributed by atoms with E-state index in [0.717, 1.165) is 10.0 Å². The van der Waals surface area contributed by atoms with Crippen molar-refractivity contribution in [1.29, 1.82) is 0 Å². The van der Waals surface area contributed by atoms with E-state index in [4.69, 9.17) is 4.74 Å². The second-order valence-electron chi connectivity index (χ2n) is 6.23. The Morgan fingerprint density at radius 3 is 2.59 bits per heavy atom. The van der Waals surface area contributed by atoms with Crippen molar-refractivity contribution in [2.75, 3.05) is 20.3 Å². The second-order valence-corrected chi connectivity index (χ2v) is 7.08. The number of aryl methyl sites for hydroxylation is 1. The van der Waals surface area contributed by atoms with E-state index in [0.29, 0.717) is 11.1 Å². The van der Waals surface area contributed by atoms with Crippen molar-refractivity contribution in [1.82, 2.24) is 9.88 Å². The van der Waals surface area contributed by atoms with E-state index in [1.807, 2.05) is 6.92 Å². The molecule has 1 amide bonds. The van der Waals surface area contributed by atoms with Crippen molar-refractivity contribution < 1.29 is 19.4 Å². The molecule has 1 atom stereocenters. The molecule has 0 radical (unpaired) electrons. The molecule has 6 nitrogen and oxygen atoms in total. The van der Waals surface area contributed by atoms with Crippen LogP contribution in [0.25, 0.3) is 5.76 Å². The number of pyridine rings is 1. The van der Waals surface area contributed by atoms with Gasteiger partial charge >= 0.3 is 0 Å². The van der Waals surface area contributed by atoms with E-state index in [2.05, 4.69) is 20.9 Å². The molecule has 1 saturated heterocycles. The van der Waals surface area contributed by atoms with Gasteiger partial charge in [-0.2, -0.15) is 0 Å². The highest BCUT2D eigenvalue weighted by Crippen LogP contribution is 2.39. The number of Topliss-reactive ketones (excluding diaryl/α,β-unsaturated/α-hetero) is 1. The smallest absolute Gasteiger partial charge is 0.295 e. The van der Waals surface area contributed by atoms with Gasteiger partial charge in [-0.15, -0.1) is 0 Å². The molecule has 1 aliphatic rings. The van der Waals surface area contributed by atoms with Crippen molar-refractivity contribution in [2.24, 2.45) is 0 Å². The molecule has 2 aromatic rings. The SMILES string of the molecule is COCCN1C(=O)C(=O)/C(=C(\O)c2ccc(Br)c(C)c2)C1c1ccncc1. The number of likely N-dealkylation sites (tertiary alicyclic amines) is 1. The van der Waals surface area contributed by atoms with Crippen LogP contribution in [0.15, 0.2) is 52.8 Å². The van der Waals surface area contributed by atoms with Crippen LogP contribution in [0, 0.1) is 6.92 Å². The number of aromatic nitrogens is 1. The molecule has 1 aromatic heterocycles. The van der Waals surface area contributed by atoms with Gasteiger partial charge in [-0.05, 0) is 42.3 Å². The Kier molecular flexibility index (Phi) is 5.72. The Morgan fingerprint density at radius 1 is 1.26 bits per heavy atom. The average Bonchev–Trinajstić information content (AvgIpc) is 2.93. The molecule has 0 saturated carbocycles. The standard InChI is InChI=1S/C20H19BrN2O4/c1-12-11-14(3-4-15(12)21)18(24)16-17(13-5-7-22-8-6-13)23(9-10-27-2)20(26)19(16)25/h3-8,11,17,24H,9-10H2,1-2H3/b18-16-. The lowest BCUT2D eigenvalue weighted by Gasteiger charge is -2.24. The molecule has 7 heteroatoms. The van der Waals surface area contributed by atoms with Crippen LogP contribution in [-0.2, 0) is 14.3 Å². The zero-order valence-electron chi connectivity index (χ0n) is 15.0. The molecular weight excluding hydrogens is 412 g/mol. The number of hydrogen-bond donors (Lipinski definition) is 1. The van der Waals surface area contributed by atoms with E-state index in [-0.39, 0.29) is 24.5 Å². The molecule has 140 valence electrons. The zero-order chi connectivity index (χ0) is 19.6. The van der Waals surface area contributed by atoms with Crippen LogP contribution in [0.5, 0.6) is 0 Å². The number of hydrogen-bond acceptors (Lipinski definition) is 5. The van der Waals surface area contributed by atoms with Gasteiger partial charge in [-0.1, -0.05) is 22.0 Å². The number of rotatable bonds is 5. The van der Waals surface area contributed by atoms with Crippen molar-refractivity contribution in [3.8, 4) is 0 Å². The first kappa shape index (κ1) is 19.3. The Morgan fingerprint density at radius 2 is 1.96 bits per heavy atom. The van der Waals surface area contributed by atoms with Gasteiger partial charge < -0.3 is 14.7 Å². The number of carbonyl (C=O) groups is 2.